The number of alkyl halides is 2. The zero-order chi connectivity index (χ0) is 16.9. The fourth-order valence-corrected chi connectivity index (χ4v) is 2.53. The van der Waals surface area contributed by atoms with E-state index in [9.17, 15) is 18.0 Å². The summed E-state index contributed by atoms with van der Waals surface area (Å²) in [6, 6.07) is 6.01. The number of hydrogen-bond acceptors (Lipinski definition) is 3. The number of halogens is 3. The molecule has 7 heteroatoms. The lowest BCUT2D eigenvalue weighted by atomic mass is 10.2. The average molecular weight is 330 g/mol. The Morgan fingerprint density at radius 2 is 2.22 bits per heavy atom. The summed E-state index contributed by atoms with van der Waals surface area (Å²) in [4.78, 5) is 15.3. The van der Waals surface area contributed by atoms with E-state index in [0.717, 1.165) is 0 Å². The molecule has 1 heterocycles. The van der Waals surface area contributed by atoms with Crippen LogP contribution in [0.3, 0.4) is 0 Å². The van der Waals surface area contributed by atoms with Crippen molar-refractivity contribution in [2.75, 3.05) is 39.4 Å². The van der Waals surface area contributed by atoms with Gasteiger partial charge in [-0.25, -0.2) is 13.2 Å². The second-order valence-electron chi connectivity index (χ2n) is 5.66. The standard InChI is InChI=1S/C16H21F3N2O2/c1-2-21(9-13-4-3-5-14(17)8-13)15(22)10-20-6-7-23-12-16(18,19)11-20/h3-5,8H,2,6-7,9-12H2,1H3. The number of carbonyl (C=O) groups is 1. The van der Waals surface area contributed by atoms with Gasteiger partial charge >= 0.3 is 0 Å². The van der Waals surface area contributed by atoms with E-state index < -0.39 is 19.1 Å². The topological polar surface area (TPSA) is 32.8 Å². The third-order valence-corrected chi connectivity index (χ3v) is 3.68. The zero-order valence-electron chi connectivity index (χ0n) is 13.1. The van der Waals surface area contributed by atoms with Crippen molar-refractivity contribution in [3.8, 4) is 0 Å². The van der Waals surface area contributed by atoms with Gasteiger partial charge in [0.1, 0.15) is 12.4 Å². The molecule has 23 heavy (non-hydrogen) atoms. The molecule has 4 nitrogen and oxygen atoms in total. The van der Waals surface area contributed by atoms with E-state index in [-0.39, 0.29) is 31.4 Å². The van der Waals surface area contributed by atoms with E-state index in [1.165, 1.54) is 21.9 Å². The van der Waals surface area contributed by atoms with Gasteiger partial charge in [0.25, 0.3) is 5.92 Å². The summed E-state index contributed by atoms with van der Waals surface area (Å²) in [5.41, 5.74) is 0.671. The van der Waals surface area contributed by atoms with Crippen molar-refractivity contribution in [2.45, 2.75) is 19.4 Å². The summed E-state index contributed by atoms with van der Waals surface area (Å²) in [5.74, 6) is -3.57. The Morgan fingerprint density at radius 1 is 1.43 bits per heavy atom. The van der Waals surface area contributed by atoms with Crippen LogP contribution in [0.5, 0.6) is 0 Å². The highest BCUT2D eigenvalue weighted by Gasteiger charge is 2.35. The number of hydrogen-bond donors (Lipinski definition) is 0. The van der Waals surface area contributed by atoms with E-state index in [1.54, 1.807) is 19.1 Å². The van der Waals surface area contributed by atoms with Crippen molar-refractivity contribution in [1.82, 2.24) is 9.80 Å². The van der Waals surface area contributed by atoms with Crippen LogP contribution in [0.2, 0.25) is 0 Å². The summed E-state index contributed by atoms with van der Waals surface area (Å²) < 4.78 is 45.1. The number of benzene rings is 1. The van der Waals surface area contributed by atoms with Crippen molar-refractivity contribution >= 4 is 5.91 Å². The van der Waals surface area contributed by atoms with Gasteiger partial charge in [-0.05, 0) is 24.6 Å². The molecule has 0 saturated carbocycles. The number of amides is 1. The van der Waals surface area contributed by atoms with Crippen molar-refractivity contribution in [1.29, 1.82) is 0 Å². The van der Waals surface area contributed by atoms with Crippen molar-refractivity contribution in [3.63, 3.8) is 0 Å². The van der Waals surface area contributed by atoms with Crippen LogP contribution in [0.4, 0.5) is 13.2 Å². The molecule has 0 N–H and O–H groups in total. The van der Waals surface area contributed by atoms with Gasteiger partial charge in [0.15, 0.2) is 0 Å². The van der Waals surface area contributed by atoms with Gasteiger partial charge < -0.3 is 9.64 Å². The minimum Gasteiger partial charge on any atom is -0.374 e. The lowest BCUT2D eigenvalue weighted by Crippen LogP contribution is -2.44. The normalized spacial score (nSPS) is 18.4. The molecule has 128 valence electrons. The molecule has 1 aliphatic rings. The van der Waals surface area contributed by atoms with Crippen molar-refractivity contribution < 1.29 is 22.7 Å². The summed E-state index contributed by atoms with van der Waals surface area (Å²) in [7, 11) is 0. The minimum atomic E-state index is -2.95. The van der Waals surface area contributed by atoms with Crippen molar-refractivity contribution in [2.24, 2.45) is 0 Å². The summed E-state index contributed by atoms with van der Waals surface area (Å²) in [6.07, 6.45) is 0. The van der Waals surface area contributed by atoms with E-state index >= 15 is 0 Å². The van der Waals surface area contributed by atoms with Crippen LogP contribution in [0.15, 0.2) is 24.3 Å². The zero-order valence-corrected chi connectivity index (χ0v) is 13.1. The lowest BCUT2D eigenvalue weighted by molar-refractivity contribution is -0.133. The number of nitrogens with zero attached hydrogens (tertiary/aromatic N) is 2. The Morgan fingerprint density at radius 3 is 2.91 bits per heavy atom. The maximum Gasteiger partial charge on any atom is 0.283 e. The smallest absolute Gasteiger partial charge is 0.283 e. The first-order chi connectivity index (χ1) is 10.9. The van der Waals surface area contributed by atoms with Crippen LogP contribution in [0.25, 0.3) is 0 Å². The Kier molecular flexibility index (Phi) is 6.01. The molecule has 0 bridgehead atoms. The van der Waals surface area contributed by atoms with Gasteiger partial charge in [0.05, 0.1) is 19.7 Å². The first-order valence-electron chi connectivity index (χ1n) is 7.60. The Balaban J connectivity index is 1.96. The molecule has 1 amide bonds. The van der Waals surface area contributed by atoms with Gasteiger partial charge in [-0.15, -0.1) is 0 Å². The predicted octanol–water partition coefficient (Wildman–Crippen LogP) is 2.14. The van der Waals surface area contributed by atoms with Gasteiger partial charge in [0.2, 0.25) is 5.91 Å². The Bertz CT molecular complexity index is 540. The summed E-state index contributed by atoms with van der Waals surface area (Å²) in [5, 5.41) is 0. The SMILES string of the molecule is CCN(Cc1cccc(F)c1)C(=O)CN1CCOCC(F)(F)C1. The first-order valence-corrected chi connectivity index (χ1v) is 7.60. The number of likely N-dealkylation sites (N-methyl/N-ethyl adjacent to an activating group) is 1. The minimum absolute atomic E-state index is 0.0951. The maximum atomic E-state index is 13.5. The van der Waals surface area contributed by atoms with E-state index in [4.69, 9.17) is 4.74 Å². The molecule has 0 unspecified atom stereocenters. The van der Waals surface area contributed by atoms with Gasteiger partial charge in [-0.2, -0.15) is 0 Å². The molecule has 0 atom stereocenters. The number of ether oxygens (including phenoxy) is 1. The fourth-order valence-electron chi connectivity index (χ4n) is 2.53. The highest BCUT2D eigenvalue weighted by Crippen LogP contribution is 2.18. The highest BCUT2D eigenvalue weighted by molar-refractivity contribution is 5.78. The molecule has 0 aliphatic carbocycles. The monoisotopic (exact) mass is 330 g/mol. The Labute approximate surface area is 133 Å². The van der Waals surface area contributed by atoms with Gasteiger partial charge in [0, 0.05) is 19.6 Å². The summed E-state index contributed by atoms with van der Waals surface area (Å²) >= 11 is 0. The first kappa shape index (κ1) is 17.7. The van der Waals surface area contributed by atoms with Crippen LogP contribution in [-0.2, 0) is 16.1 Å². The Hall–Kier alpha value is -1.60. The van der Waals surface area contributed by atoms with Gasteiger partial charge in [-0.3, -0.25) is 9.69 Å². The van der Waals surface area contributed by atoms with Crippen LogP contribution in [-0.4, -0.2) is 61.0 Å². The van der Waals surface area contributed by atoms with E-state index in [1.807, 2.05) is 0 Å². The molecule has 1 aromatic carbocycles. The molecule has 1 aliphatic heterocycles. The van der Waals surface area contributed by atoms with Crippen LogP contribution >= 0.6 is 0 Å². The predicted molar refractivity (Wildman–Crippen MR) is 79.7 cm³/mol. The molecule has 1 aromatic rings. The largest absolute Gasteiger partial charge is 0.374 e. The lowest BCUT2D eigenvalue weighted by Gasteiger charge is -2.27. The third-order valence-electron chi connectivity index (χ3n) is 3.68. The number of carbonyl (C=O) groups excluding carboxylic acids is 1. The number of rotatable bonds is 5. The molecule has 0 aromatic heterocycles. The van der Waals surface area contributed by atoms with Crippen molar-refractivity contribution in [3.05, 3.63) is 35.6 Å². The quantitative estimate of drug-likeness (QED) is 0.829. The molecular formula is C16H21F3N2O2. The molecule has 0 radical (unpaired) electrons. The second-order valence-corrected chi connectivity index (χ2v) is 5.66. The second kappa shape index (κ2) is 7.79. The molecule has 2 rings (SSSR count). The van der Waals surface area contributed by atoms with Gasteiger partial charge in [-0.1, -0.05) is 12.1 Å². The third kappa shape index (κ3) is 5.51. The highest BCUT2D eigenvalue weighted by atomic mass is 19.3. The summed E-state index contributed by atoms with van der Waals surface area (Å²) in [6.45, 7) is 1.76. The van der Waals surface area contributed by atoms with E-state index in [0.29, 0.717) is 18.7 Å². The molecule has 0 spiro atoms. The molecule has 1 saturated heterocycles. The fraction of sp³-hybridized carbons (Fsp3) is 0.562. The van der Waals surface area contributed by atoms with E-state index in [2.05, 4.69) is 0 Å². The van der Waals surface area contributed by atoms with Crippen LogP contribution < -0.4 is 0 Å². The molecule has 1 fully saturated rings. The molecular weight excluding hydrogens is 309 g/mol. The van der Waals surface area contributed by atoms with Crippen LogP contribution in [0.1, 0.15) is 12.5 Å². The maximum absolute atomic E-state index is 13.5. The van der Waals surface area contributed by atoms with Crippen LogP contribution in [0, 0.1) is 5.82 Å². The average Bonchev–Trinajstić information content (AvgIpc) is 2.65.